The first-order valence-corrected chi connectivity index (χ1v) is 17.3. The van der Waals surface area contributed by atoms with Crippen molar-refractivity contribution in [1.29, 1.82) is 0 Å². The molecular formula is C32H31K3N12O6S2. The number of thioether (sulfide) groups is 1. The van der Waals surface area contributed by atoms with E-state index in [0.29, 0.717) is 22.3 Å². The summed E-state index contributed by atoms with van der Waals surface area (Å²) in [5, 5.41) is 62.5. The van der Waals surface area contributed by atoms with Crippen LogP contribution in [-0.4, -0.2) is 58.6 Å². The number of benzene rings is 2. The molecule has 0 saturated carbocycles. The van der Waals surface area contributed by atoms with Crippen molar-refractivity contribution in [2.24, 2.45) is 16.1 Å². The number of carbonyl (C=O) groups is 3. The summed E-state index contributed by atoms with van der Waals surface area (Å²) >= 11 is 2.84. The van der Waals surface area contributed by atoms with Gasteiger partial charge in [0.1, 0.15) is 0 Å². The molecule has 0 unspecified atom stereocenters. The standard InChI is InChI=1S/C32H34N12O6S2.3K/c1-14(2)13-51-31-42-41-30(52-31)40-39-21-22(32(4,5)6)43-44(23(21)33)29-37-27(34-19-8-15(3)7-16(10-19)24(45)46)36-28(38-29)35-20-11-17(25(47)48)9-18(12-20)26(49)50;;;/h7-12,14H,13,33H2,1-6H3,(H,45,46)(H,47,48)(H,49,50)(H2,34,35,36,37,38);;;/q;3*+1/p-3. The molecule has 0 aliphatic carbocycles. The zero-order valence-corrected chi connectivity index (χ0v) is 42.6. The maximum Gasteiger partial charge on any atom is 1.00 e. The molecule has 0 spiro atoms. The first kappa shape index (κ1) is 50.0. The minimum atomic E-state index is -1.63. The van der Waals surface area contributed by atoms with Crippen LogP contribution in [0.15, 0.2) is 51.0 Å². The summed E-state index contributed by atoms with van der Waals surface area (Å²) in [5.41, 5.74) is 6.46. The minimum absolute atomic E-state index is 0. The molecule has 5 aromatic rings. The number of nitrogens with one attached hydrogen (secondary N) is 2. The molecule has 0 aliphatic heterocycles. The molecule has 2 aromatic carbocycles. The van der Waals surface area contributed by atoms with Crippen molar-refractivity contribution in [2.45, 2.75) is 51.3 Å². The molecule has 0 radical (unpaired) electrons. The molecule has 270 valence electrons. The zero-order chi connectivity index (χ0) is 37.9. The average molecular weight is 861 g/mol. The number of carboxylic acid groups (broad SMARTS) is 3. The van der Waals surface area contributed by atoms with Gasteiger partial charge in [0.05, 0.1) is 23.6 Å². The third-order valence-electron chi connectivity index (χ3n) is 6.82. The van der Waals surface area contributed by atoms with Gasteiger partial charge < -0.3 is 46.1 Å². The molecule has 4 N–H and O–H groups in total. The summed E-state index contributed by atoms with van der Waals surface area (Å²) in [6.45, 7) is 11.6. The van der Waals surface area contributed by atoms with Crippen LogP contribution in [0, 0.1) is 12.8 Å². The number of azo groups is 1. The Labute approximate surface area is 451 Å². The molecule has 0 saturated heterocycles. The number of carbonyl (C=O) groups excluding carboxylic acids is 3. The van der Waals surface area contributed by atoms with Crippen LogP contribution in [0.5, 0.6) is 0 Å². The van der Waals surface area contributed by atoms with Gasteiger partial charge in [-0.25, -0.2) is 0 Å². The Kier molecular flexibility index (Phi) is 19.8. The largest absolute Gasteiger partial charge is 1.00 e. The van der Waals surface area contributed by atoms with Gasteiger partial charge in [-0.05, 0) is 65.4 Å². The van der Waals surface area contributed by atoms with Crippen molar-refractivity contribution in [2.75, 3.05) is 22.1 Å². The number of anilines is 5. The molecule has 0 fully saturated rings. The number of carboxylic acids is 3. The van der Waals surface area contributed by atoms with Crippen LogP contribution in [-0.2, 0) is 5.41 Å². The number of hydrogen-bond donors (Lipinski definition) is 3. The molecule has 3 heterocycles. The third kappa shape index (κ3) is 13.7. The van der Waals surface area contributed by atoms with Gasteiger partial charge in [0.2, 0.25) is 11.9 Å². The predicted molar refractivity (Wildman–Crippen MR) is 187 cm³/mol. The van der Waals surface area contributed by atoms with Crippen molar-refractivity contribution in [1.82, 2.24) is 34.9 Å². The number of nitrogens with two attached hydrogens (primary N) is 1. The van der Waals surface area contributed by atoms with E-state index in [1.54, 1.807) is 24.8 Å². The quantitative estimate of drug-likeness (QED) is 0.0564. The number of aromatic carboxylic acids is 3. The van der Waals surface area contributed by atoms with Crippen molar-refractivity contribution in [3.8, 4) is 5.95 Å². The Morgan fingerprint density at radius 2 is 1.36 bits per heavy atom. The zero-order valence-electron chi connectivity index (χ0n) is 31.6. The Balaban J connectivity index is 0.00000348. The van der Waals surface area contributed by atoms with E-state index in [1.807, 2.05) is 20.8 Å². The maximum atomic E-state index is 11.6. The monoisotopic (exact) mass is 860 g/mol. The first-order chi connectivity index (χ1) is 24.5. The van der Waals surface area contributed by atoms with E-state index in [0.717, 1.165) is 28.3 Å². The number of nitrogen functional groups attached to an aromatic ring is 1. The fourth-order valence-corrected chi connectivity index (χ4v) is 6.19. The maximum absolute atomic E-state index is 11.6. The molecule has 3 aromatic heterocycles. The minimum Gasteiger partial charge on any atom is -0.545 e. The summed E-state index contributed by atoms with van der Waals surface area (Å²) in [6.07, 6.45) is 0. The number of aromatic nitrogens is 7. The molecule has 23 heteroatoms. The molecular weight excluding hydrogens is 830 g/mol. The van der Waals surface area contributed by atoms with Crippen molar-refractivity contribution >= 4 is 80.9 Å². The van der Waals surface area contributed by atoms with Crippen molar-refractivity contribution in [3.05, 3.63) is 64.3 Å². The number of aryl methyl sites for hydroxylation is 1. The molecule has 0 aliphatic rings. The van der Waals surface area contributed by atoms with E-state index in [4.69, 9.17) is 5.73 Å². The Morgan fingerprint density at radius 1 is 0.836 bits per heavy atom. The van der Waals surface area contributed by atoms with Crippen LogP contribution in [0.3, 0.4) is 0 Å². The number of rotatable bonds is 13. The van der Waals surface area contributed by atoms with E-state index in [1.165, 1.54) is 28.2 Å². The van der Waals surface area contributed by atoms with Crippen molar-refractivity contribution < 1.29 is 184 Å². The van der Waals surface area contributed by atoms with Crippen LogP contribution in [0.1, 0.15) is 77.0 Å². The number of nitrogens with zero attached hydrogens (tertiary/aromatic N) is 9. The summed E-state index contributed by atoms with van der Waals surface area (Å²) in [4.78, 5) is 48.1. The smallest absolute Gasteiger partial charge is 0.545 e. The van der Waals surface area contributed by atoms with Crippen LogP contribution >= 0.6 is 23.1 Å². The van der Waals surface area contributed by atoms with Crippen LogP contribution in [0.4, 0.5) is 39.9 Å². The average Bonchev–Trinajstić information content (AvgIpc) is 3.65. The summed E-state index contributed by atoms with van der Waals surface area (Å²) in [5.74, 6) is -3.85. The van der Waals surface area contributed by atoms with Gasteiger partial charge in [0.25, 0.3) is 11.1 Å². The molecule has 0 bridgehead atoms. The van der Waals surface area contributed by atoms with Gasteiger partial charge in [-0.3, -0.25) is 0 Å². The Bertz CT molecular complexity index is 2190. The second-order valence-electron chi connectivity index (χ2n) is 12.8. The first-order valence-electron chi connectivity index (χ1n) is 15.4. The van der Waals surface area contributed by atoms with Crippen molar-refractivity contribution in [3.63, 3.8) is 0 Å². The Hall–Kier alpha value is -1.11. The molecule has 18 nitrogen and oxygen atoms in total. The fraction of sp³-hybridized carbons (Fsp3) is 0.281. The molecule has 0 atom stereocenters. The van der Waals surface area contributed by atoms with Crippen LogP contribution in [0.2, 0.25) is 0 Å². The Morgan fingerprint density at radius 3 is 1.87 bits per heavy atom. The van der Waals surface area contributed by atoms with Gasteiger partial charge in [-0.15, -0.1) is 20.4 Å². The van der Waals surface area contributed by atoms with E-state index in [9.17, 15) is 29.7 Å². The van der Waals surface area contributed by atoms with Gasteiger partial charge in [0.15, 0.2) is 15.8 Å². The van der Waals surface area contributed by atoms with E-state index < -0.39 is 34.4 Å². The van der Waals surface area contributed by atoms with Crippen LogP contribution < -0.4 is 186 Å². The van der Waals surface area contributed by atoms with Crippen LogP contribution in [0.25, 0.3) is 5.95 Å². The summed E-state index contributed by atoms with van der Waals surface area (Å²) in [6, 6.07) is 7.49. The predicted octanol–water partition coefficient (Wildman–Crippen LogP) is -6.15. The normalized spacial score (nSPS) is 11.0. The second kappa shape index (κ2) is 21.8. The SMILES string of the molecule is Cc1cc(Nc2nc(Nc3cc(C(=O)[O-])cc(C(=O)[O-])c3)nc(-n3nc(C(C)(C)C)c(N=Nc4nnc(SCC(C)C)s4)c3N)n2)cc(C(=O)[O-])c1.[K+].[K+].[K+]. The van der Waals surface area contributed by atoms with E-state index in [2.05, 4.69) is 65.0 Å². The van der Waals surface area contributed by atoms with E-state index >= 15 is 0 Å². The molecule has 5 rings (SSSR count). The van der Waals surface area contributed by atoms with Gasteiger partial charge >= 0.3 is 154 Å². The van der Waals surface area contributed by atoms with E-state index in [-0.39, 0.29) is 200 Å². The van der Waals surface area contributed by atoms with Gasteiger partial charge in [-0.1, -0.05) is 63.8 Å². The van der Waals surface area contributed by atoms with Gasteiger partial charge in [-0.2, -0.15) is 24.7 Å². The number of hydrogen-bond acceptors (Lipinski definition) is 19. The molecule has 0 amide bonds. The second-order valence-corrected chi connectivity index (χ2v) is 15.0. The summed E-state index contributed by atoms with van der Waals surface area (Å²) < 4.78 is 1.94. The molecule has 55 heavy (non-hydrogen) atoms. The third-order valence-corrected chi connectivity index (χ3v) is 9.19. The summed E-state index contributed by atoms with van der Waals surface area (Å²) in [7, 11) is 0. The fourth-order valence-electron chi connectivity index (χ4n) is 4.55. The van der Waals surface area contributed by atoms with Gasteiger partial charge in [0, 0.05) is 22.5 Å². The topological polar surface area (TPSA) is 277 Å².